The summed E-state index contributed by atoms with van der Waals surface area (Å²) in [5.41, 5.74) is 3.09. The molecule has 1 aliphatic heterocycles. The van der Waals surface area contributed by atoms with Crippen LogP contribution in [0.15, 0.2) is 48.5 Å². The van der Waals surface area contributed by atoms with Gasteiger partial charge in [-0.05, 0) is 37.6 Å². The van der Waals surface area contributed by atoms with Crippen molar-refractivity contribution >= 4 is 17.5 Å². The normalized spacial score (nSPS) is 16.9. The Balaban J connectivity index is 1.62. The van der Waals surface area contributed by atoms with Gasteiger partial charge in [-0.15, -0.1) is 0 Å². The molecule has 1 amide bonds. The summed E-state index contributed by atoms with van der Waals surface area (Å²) in [6.45, 7) is 7.44. The smallest absolute Gasteiger partial charge is 0.253 e. The van der Waals surface area contributed by atoms with Gasteiger partial charge < -0.3 is 4.90 Å². The van der Waals surface area contributed by atoms with Gasteiger partial charge in [-0.1, -0.05) is 47.5 Å². The van der Waals surface area contributed by atoms with Gasteiger partial charge in [0.05, 0.1) is 0 Å². The standard InChI is InChI=1S/C20H23ClN2O/c1-15-7-9-17(10-8-15)20(24)23-13-11-22(12-14-23)16(2)18-5-3-4-6-19(18)21/h3-10,16H,11-14H2,1-2H3. The topological polar surface area (TPSA) is 23.6 Å². The monoisotopic (exact) mass is 342 g/mol. The molecule has 3 rings (SSSR count). The highest BCUT2D eigenvalue weighted by atomic mass is 35.5. The maximum Gasteiger partial charge on any atom is 0.253 e. The molecule has 0 aromatic heterocycles. The third-order valence-corrected chi connectivity index (χ3v) is 5.15. The number of halogens is 1. The Kier molecular flexibility index (Phi) is 5.22. The largest absolute Gasteiger partial charge is 0.336 e. The van der Waals surface area contributed by atoms with Crippen molar-refractivity contribution in [3.63, 3.8) is 0 Å². The number of hydrogen-bond acceptors (Lipinski definition) is 2. The molecular weight excluding hydrogens is 320 g/mol. The van der Waals surface area contributed by atoms with Gasteiger partial charge in [0.15, 0.2) is 0 Å². The number of carbonyl (C=O) groups excluding carboxylic acids is 1. The lowest BCUT2D eigenvalue weighted by molar-refractivity contribution is 0.0582. The van der Waals surface area contributed by atoms with Crippen LogP contribution in [0.5, 0.6) is 0 Å². The first kappa shape index (κ1) is 17.0. The summed E-state index contributed by atoms with van der Waals surface area (Å²) in [5.74, 6) is 0.125. The number of benzene rings is 2. The molecule has 0 saturated carbocycles. The van der Waals surface area contributed by atoms with E-state index in [9.17, 15) is 4.79 Å². The van der Waals surface area contributed by atoms with E-state index in [4.69, 9.17) is 11.6 Å². The lowest BCUT2D eigenvalue weighted by atomic mass is 10.1. The molecule has 1 atom stereocenters. The lowest BCUT2D eigenvalue weighted by Crippen LogP contribution is -2.49. The number of hydrogen-bond donors (Lipinski definition) is 0. The molecule has 24 heavy (non-hydrogen) atoms. The van der Waals surface area contributed by atoms with E-state index in [1.165, 1.54) is 5.56 Å². The Hall–Kier alpha value is -1.84. The van der Waals surface area contributed by atoms with Crippen LogP contribution in [0, 0.1) is 6.92 Å². The molecule has 1 unspecified atom stereocenters. The molecule has 2 aromatic carbocycles. The summed E-state index contributed by atoms with van der Waals surface area (Å²) in [4.78, 5) is 16.9. The van der Waals surface area contributed by atoms with E-state index in [0.29, 0.717) is 0 Å². The van der Waals surface area contributed by atoms with Crippen LogP contribution in [0.1, 0.15) is 34.5 Å². The van der Waals surface area contributed by atoms with Crippen LogP contribution in [0.2, 0.25) is 5.02 Å². The Morgan fingerprint density at radius 1 is 1.00 bits per heavy atom. The first-order chi connectivity index (χ1) is 11.6. The summed E-state index contributed by atoms with van der Waals surface area (Å²) in [7, 11) is 0. The van der Waals surface area contributed by atoms with Gasteiger partial charge in [-0.25, -0.2) is 0 Å². The number of nitrogens with zero attached hydrogens (tertiary/aromatic N) is 2. The Morgan fingerprint density at radius 2 is 1.62 bits per heavy atom. The van der Waals surface area contributed by atoms with Crippen molar-refractivity contribution in [2.45, 2.75) is 19.9 Å². The van der Waals surface area contributed by atoms with E-state index < -0.39 is 0 Å². The molecule has 1 heterocycles. The zero-order valence-corrected chi connectivity index (χ0v) is 15.0. The van der Waals surface area contributed by atoms with Crippen LogP contribution in [0.4, 0.5) is 0 Å². The van der Waals surface area contributed by atoms with E-state index in [0.717, 1.165) is 42.3 Å². The molecule has 0 spiro atoms. The number of aryl methyl sites for hydroxylation is 1. The van der Waals surface area contributed by atoms with Crippen molar-refractivity contribution in [1.82, 2.24) is 9.80 Å². The fourth-order valence-electron chi connectivity index (χ4n) is 3.20. The highest BCUT2D eigenvalue weighted by Crippen LogP contribution is 2.28. The van der Waals surface area contributed by atoms with Gasteiger partial charge in [-0.2, -0.15) is 0 Å². The minimum Gasteiger partial charge on any atom is -0.336 e. The summed E-state index contributed by atoms with van der Waals surface area (Å²) < 4.78 is 0. The summed E-state index contributed by atoms with van der Waals surface area (Å²) >= 11 is 6.32. The van der Waals surface area contributed by atoms with E-state index >= 15 is 0 Å². The minimum atomic E-state index is 0.125. The van der Waals surface area contributed by atoms with Gasteiger partial charge in [-0.3, -0.25) is 9.69 Å². The minimum absolute atomic E-state index is 0.125. The van der Waals surface area contributed by atoms with E-state index in [2.05, 4.69) is 17.9 Å². The Labute approximate surface area is 148 Å². The summed E-state index contributed by atoms with van der Waals surface area (Å²) in [6.07, 6.45) is 0. The Morgan fingerprint density at radius 3 is 2.25 bits per heavy atom. The molecule has 1 aliphatic rings. The molecule has 3 nitrogen and oxygen atoms in total. The molecular formula is C20H23ClN2O. The number of piperazine rings is 1. The third-order valence-electron chi connectivity index (χ3n) is 4.80. The molecule has 0 N–H and O–H groups in total. The molecule has 126 valence electrons. The van der Waals surface area contributed by atoms with Crippen molar-refractivity contribution < 1.29 is 4.79 Å². The van der Waals surface area contributed by atoms with Gasteiger partial charge >= 0.3 is 0 Å². The second-order valence-corrected chi connectivity index (χ2v) is 6.80. The van der Waals surface area contributed by atoms with Gasteiger partial charge in [0.25, 0.3) is 5.91 Å². The number of amides is 1. The fourth-order valence-corrected chi connectivity index (χ4v) is 3.50. The fraction of sp³-hybridized carbons (Fsp3) is 0.350. The average Bonchev–Trinajstić information content (AvgIpc) is 2.62. The van der Waals surface area contributed by atoms with Crippen molar-refractivity contribution in [2.75, 3.05) is 26.2 Å². The van der Waals surface area contributed by atoms with Crippen molar-refractivity contribution in [2.24, 2.45) is 0 Å². The second-order valence-electron chi connectivity index (χ2n) is 6.39. The van der Waals surface area contributed by atoms with Crippen LogP contribution in [-0.2, 0) is 0 Å². The number of carbonyl (C=O) groups is 1. The molecule has 1 fully saturated rings. The SMILES string of the molecule is Cc1ccc(C(=O)N2CCN(C(C)c3ccccc3Cl)CC2)cc1. The highest BCUT2D eigenvalue weighted by molar-refractivity contribution is 6.31. The van der Waals surface area contributed by atoms with Crippen molar-refractivity contribution in [1.29, 1.82) is 0 Å². The van der Waals surface area contributed by atoms with E-state index in [1.54, 1.807) is 0 Å². The van der Waals surface area contributed by atoms with Gasteiger partial charge in [0.1, 0.15) is 0 Å². The quantitative estimate of drug-likeness (QED) is 0.836. The first-order valence-corrected chi connectivity index (χ1v) is 8.78. The van der Waals surface area contributed by atoms with Crippen molar-refractivity contribution in [3.05, 3.63) is 70.2 Å². The maximum absolute atomic E-state index is 12.6. The van der Waals surface area contributed by atoms with Crippen LogP contribution in [0.25, 0.3) is 0 Å². The Bertz CT molecular complexity index is 706. The first-order valence-electron chi connectivity index (χ1n) is 8.40. The second kappa shape index (κ2) is 7.37. The van der Waals surface area contributed by atoms with Crippen LogP contribution in [-0.4, -0.2) is 41.9 Å². The average molecular weight is 343 g/mol. The summed E-state index contributed by atoms with van der Waals surface area (Å²) in [5, 5.41) is 0.808. The molecule has 4 heteroatoms. The summed E-state index contributed by atoms with van der Waals surface area (Å²) in [6, 6.07) is 16.1. The molecule has 0 bridgehead atoms. The van der Waals surface area contributed by atoms with Crippen LogP contribution in [0.3, 0.4) is 0 Å². The number of rotatable bonds is 3. The zero-order valence-electron chi connectivity index (χ0n) is 14.2. The molecule has 0 radical (unpaired) electrons. The maximum atomic E-state index is 12.6. The molecule has 0 aliphatic carbocycles. The predicted molar refractivity (Wildman–Crippen MR) is 98.5 cm³/mol. The van der Waals surface area contributed by atoms with Crippen molar-refractivity contribution in [3.8, 4) is 0 Å². The van der Waals surface area contributed by atoms with E-state index in [1.807, 2.05) is 54.3 Å². The van der Waals surface area contributed by atoms with E-state index in [-0.39, 0.29) is 11.9 Å². The lowest BCUT2D eigenvalue weighted by Gasteiger charge is -2.38. The molecule has 2 aromatic rings. The molecule has 1 saturated heterocycles. The third kappa shape index (κ3) is 3.63. The van der Waals surface area contributed by atoms with Gasteiger partial charge in [0.2, 0.25) is 0 Å². The predicted octanol–water partition coefficient (Wildman–Crippen LogP) is 4.17. The van der Waals surface area contributed by atoms with Gasteiger partial charge in [0, 0.05) is 42.8 Å². The zero-order chi connectivity index (χ0) is 17.1. The van der Waals surface area contributed by atoms with Crippen LogP contribution < -0.4 is 0 Å². The van der Waals surface area contributed by atoms with Crippen LogP contribution >= 0.6 is 11.6 Å². The highest BCUT2D eigenvalue weighted by Gasteiger charge is 2.26.